The predicted molar refractivity (Wildman–Crippen MR) is 53.6 cm³/mol. The highest BCUT2D eigenvalue weighted by atomic mass is 32.2. The highest BCUT2D eigenvalue weighted by Gasteiger charge is 2.34. The second-order valence-corrected chi connectivity index (χ2v) is 5.31. The predicted octanol–water partition coefficient (Wildman–Crippen LogP) is -0.975. The molecule has 8 heteroatoms. The van der Waals surface area contributed by atoms with E-state index in [1.54, 1.807) is 0 Å². The summed E-state index contributed by atoms with van der Waals surface area (Å²) in [6, 6.07) is 0. The van der Waals surface area contributed by atoms with Crippen molar-refractivity contribution in [1.29, 1.82) is 0 Å². The van der Waals surface area contributed by atoms with Crippen LogP contribution in [0.25, 0.3) is 0 Å². The number of nitrogens with zero attached hydrogens (tertiary/aromatic N) is 1. The van der Waals surface area contributed by atoms with E-state index in [1.807, 2.05) is 0 Å². The summed E-state index contributed by atoms with van der Waals surface area (Å²) in [5.41, 5.74) is 0. The van der Waals surface area contributed by atoms with Gasteiger partial charge in [-0.25, -0.2) is 13.2 Å². The SMILES string of the molecule is COC(=O)N1CCOC(C(=O)S(C)(=O)=O)C1. The van der Waals surface area contributed by atoms with E-state index in [0.717, 1.165) is 6.26 Å². The van der Waals surface area contributed by atoms with Crippen LogP contribution in [0.1, 0.15) is 0 Å². The fourth-order valence-corrected chi connectivity index (χ4v) is 1.95. The van der Waals surface area contributed by atoms with Crippen LogP contribution < -0.4 is 0 Å². The maximum atomic E-state index is 11.4. The van der Waals surface area contributed by atoms with Gasteiger partial charge in [-0.15, -0.1) is 0 Å². The van der Waals surface area contributed by atoms with Crippen molar-refractivity contribution < 1.29 is 27.5 Å². The first kappa shape index (κ1) is 12.9. The van der Waals surface area contributed by atoms with Gasteiger partial charge in [0.15, 0.2) is 0 Å². The first-order valence-corrected chi connectivity index (χ1v) is 6.44. The second kappa shape index (κ2) is 4.79. The number of hydrogen-bond acceptors (Lipinski definition) is 6. The van der Waals surface area contributed by atoms with Gasteiger partial charge in [-0.1, -0.05) is 0 Å². The molecule has 0 spiro atoms. The molecule has 0 aromatic heterocycles. The molecule has 0 N–H and O–H groups in total. The minimum Gasteiger partial charge on any atom is -0.453 e. The van der Waals surface area contributed by atoms with E-state index in [4.69, 9.17) is 4.74 Å². The third-order valence-electron chi connectivity index (χ3n) is 2.13. The maximum Gasteiger partial charge on any atom is 0.409 e. The molecule has 16 heavy (non-hydrogen) atoms. The lowest BCUT2D eigenvalue weighted by atomic mass is 10.3. The van der Waals surface area contributed by atoms with Gasteiger partial charge in [0.05, 0.1) is 20.3 Å². The molecular formula is C8H13NO6S. The molecule has 0 radical (unpaired) electrons. The number of carbonyl (C=O) groups excluding carboxylic acids is 2. The molecule has 7 nitrogen and oxygen atoms in total. The van der Waals surface area contributed by atoms with Crippen molar-refractivity contribution in [2.75, 3.05) is 33.1 Å². The molecule has 0 aliphatic carbocycles. The van der Waals surface area contributed by atoms with Gasteiger partial charge in [0, 0.05) is 12.8 Å². The molecule has 1 unspecified atom stereocenters. The van der Waals surface area contributed by atoms with Crippen LogP contribution >= 0.6 is 0 Å². The van der Waals surface area contributed by atoms with Crippen LogP contribution in [0, 0.1) is 0 Å². The van der Waals surface area contributed by atoms with Crippen LogP contribution in [-0.2, 0) is 24.1 Å². The summed E-state index contributed by atoms with van der Waals surface area (Å²) >= 11 is 0. The maximum absolute atomic E-state index is 11.4. The topological polar surface area (TPSA) is 90.0 Å². The Balaban J connectivity index is 2.71. The Morgan fingerprint density at radius 1 is 1.44 bits per heavy atom. The Labute approximate surface area is 93.2 Å². The number of ether oxygens (including phenoxy) is 2. The Hall–Kier alpha value is -1.15. The molecular weight excluding hydrogens is 238 g/mol. The largest absolute Gasteiger partial charge is 0.453 e. The summed E-state index contributed by atoms with van der Waals surface area (Å²) in [7, 11) is -2.59. The molecule has 1 heterocycles. The Morgan fingerprint density at radius 3 is 2.56 bits per heavy atom. The Kier molecular flexibility index (Phi) is 3.87. The van der Waals surface area contributed by atoms with Crippen LogP contribution in [0.3, 0.4) is 0 Å². The zero-order valence-corrected chi connectivity index (χ0v) is 9.82. The van der Waals surface area contributed by atoms with Crippen molar-refractivity contribution in [1.82, 2.24) is 4.90 Å². The van der Waals surface area contributed by atoms with Crippen LogP contribution in [0.2, 0.25) is 0 Å². The Morgan fingerprint density at radius 2 is 2.06 bits per heavy atom. The summed E-state index contributed by atoms with van der Waals surface area (Å²) in [6.45, 7) is 0.291. The standard InChI is InChI=1S/C8H13NO6S/c1-14-8(11)9-3-4-15-6(5-9)7(10)16(2,12)13/h6H,3-5H2,1-2H3. The molecule has 1 rings (SSSR count). The molecule has 0 aromatic rings. The highest BCUT2D eigenvalue weighted by Crippen LogP contribution is 2.09. The smallest absolute Gasteiger partial charge is 0.409 e. The zero-order valence-electron chi connectivity index (χ0n) is 9.00. The van der Waals surface area contributed by atoms with Gasteiger partial charge in [-0.2, -0.15) is 0 Å². The minimum absolute atomic E-state index is 0.0986. The van der Waals surface area contributed by atoms with Crippen molar-refractivity contribution in [3.63, 3.8) is 0 Å². The van der Waals surface area contributed by atoms with Gasteiger partial charge in [-0.05, 0) is 0 Å². The summed E-state index contributed by atoms with van der Waals surface area (Å²) < 4.78 is 31.5. The number of carbonyl (C=O) groups is 2. The zero-order chi connectivity index (χ0) is 12.3. The van der Waals surface area contributed by atoms with Crippen LogP contribution in [0.4, 0.5) is 4.79 Å². The van der Waals surface area contributed by atoms with E-state index in [1.165, 1.54) is 12.0 Å². The molecule has 0 bridgehead atoms. The lowest BCUT2D eigenvalue weighted by Gasteiger charge is -2.30. The quantitative estimate of drug-likeness (QED) is 0.595. The van der Waals surface area contributed by atoms with E-state index >= 15 is 0 Å². The van der Waals surface area contributed by atoms with Crippen molar-refractivity contribution in [3.8, 4) is 0 Å². The average molecular weight is 251 g/mol. The summed E-state index contributed by atoms with van der Waals surface area (Å²) in [5, 5.41) is -1.01. The van der Waals surface area contributed by atoms with Crippen LogP contribution in [-0.4, -0.2) is 63.7 Å². The van der Waals surface area contributed by atoms with Crippen molar-refractivity contribution in [2.24, 2.45) is 0 Å². The monoisotopic (exact) mass is 251 g/mol. The molecule has 1 aliphatic rings. The number of morpholine rings is 1. The lowest BCUT2D eigenvalue weighted by molar-refractivity contribution is -0.126. The first-order valence-electron chi connectivity index (χ1n) is 4.54. The van der Waals surface area contributed by atoms with Gasteiger partial charge < -0.3 is 14.4 Å². The summed E-state index contributed by atoms with van der Waals surface area (Å²) in [5.74, 6) is 0. The van der Waals surface area contributed by atoms with E-state index < -0.39 is 27.1 Å². The van der Waals surface area contributed by atoms with Crippen molar-refractivity contribution >= 4 is 21.0 Å². The number of sulfone groups is 1. The molecule has 1 amide bonds. The van der Waals surface area contributed by atoms with Crippen LogP contribution in [0.5, 0.6) is 0 Å². The van der Waals surface area contributed by atoms with Gasteiger partial charge in [0.2, 0.25) is 9.84 Å². The fourth-order valence-electron chi connectivity index (χ4n) is 1.33. The average Bonchev–Trinajstić information content (AvgIpc) is 2.26. The number of rotatable bonds is 1. The molecule has 0 saturated carbocycles. The molecule has 1 saturated heterocycles. The number of methoxy groups -OCH3 is 1. The number of amides is 1. The third-order valence-corrected chi connectivity index (χ3v) is 3.12. The van der Waals surface area contributed by atoms with Gasteiger partial charge in [-0.3, -0.25) is 4.79 Å². The van der Waals surface area contributed by atoms with Crippen LogP contribution in [0.15, 0.2) is 0 Å². The van der Waals surface area contributed by atoms with E-state index in [0.29, 0.717) is 0 Å². The summed E-state index contributed by atoms with van der Waals surface area (Å²) in [4.78, 5) is 23.8. The van der Waals surface area contributed by atoms with Crippen molar-refractivity contribution in [3.05, 3.63) is 0 Å². The van der Waals surface area contributed by atoms with Gasteiger partial charge in [0.25, 0.3) is 5.12 Å². The molecule has 1 aliphatic heterocycles. The second-order valence-electron chi connectivity index (χ2n) is 3.37. The third kappa shape index (κ3) is 2.92. The lowest BCUT2D eigenvalue weighted by Crippen LogP contribution is -2.49. The Bertz CT molecular complexity index is 389. The van der Waals surface area contributed by atoms with E-state index in [9.17, 15) is 18.0 Å². The fraction of sp³-hybridized carbons (Fsp3) is 0.750. The number of hydrogen-bond donors (Lipinski definition) is 0. The summed E-state index contributed by atoms with van der Waals surface area (Å²) in [6.07, 6.45) is -0.909. The van der Waals surface area contributed by atoms with Gasteiger partial charge in [0.1, 0.15) is 6.10 Å². The normalized spacial score (nSPS) is 21.6. The minimum atomic E-state index is -3.80. The van der Waals surface area contributed by atoms with Crippen molar-refractivity contribution in [2.45, 2.75) is 6.10 Å². The molecule has 92 valence electrons. The van der Waals surface area contributed by atoms with E-state index in [-0.39, 0.29) is 19.7 Å². The van der Waals surface area contributed by atoms with Gasteiger partial charge >= 0.3 is 6.09 Å². The molecule has 1 atom stereocenters. The first-order chi connectivity index (χ1) is 7.36. The molecule has 1 fully saturated rings. The highest BCUT2D eigenvalue weighted by molar-refractivity contribution is 8.05. The van der Waals surface area contributed by atoms with E-state index in [2.05, 4.69) is 4.74 Å². The molecule has 0 aromatic carbocycles.